The number of rotatable bonds is 5. The molecule has 0 fully saturated rings. The van der Waals surface area contributed by atoms with Crippen LogP contribution in [0.1, 0.15) is 17.4 Å². The van der Waals surface area contributed by atoms with Gasteiger partial charge >= 0.3 is 0 Å². The lowest BCUT2D eigenvalue weighted by molar-refractivity contribution is 0.0939. The molecule has 7 heteroatoms. The molecule has 0 saturated heterocycles. The first-order valence-corrected chi connectivity index (χ1v) is 6.80. The van der Waals surface area contributed by atoms with Crippen LogP contribution >= 0.6 is 0 Å². The molecular formula is C10H16N4O2S. The summed E-state index contributed by atoms with van der Waals surface area (Å²) in [5.74, 6) is 5.73. The first-order valence-electron chi connectivity index (χ1n) is 5.07. The number of nitrogens with zero attached hydrogens (tertiary/aromatic N) is 1. The summed E-state index contributed by atoms with van der Waals surface area (Å²) in [6.45, 7) is 1.80. The van der Waals surface area contributed by atoms with E-state index in [1.54, 1.807) is 31.4 Å². The van der Waals surface area contributed by atoms with Gasteiger partial charge in [0.1, 0.15) is 11.5 Å². The van der Waals surface area contributed by atoms with Crippen LogP contribution in [0.2, 0.25) is 0 Å². The van der Waals surface area contributed by atoms with Crippen LogP contribution in [0.3, 0.4) is 0 Å². The second kappa shape index (κ2) is 6.31. The van der Waals surface area contributed by atoms with Gasteiger partial charge in [0, 0.05) is 28.9 Å². The van der Waals surface area contributed by atoms with Crippen molar-refractivity contribution in [2.24, 2.45) is 5.84 Å². The van der Waals surface area contributed by atoms with Gasteiger partial charge in [-0.3, -0.25) is 9.00 Å². The zero-order valence-corrected chi connectivity index (χ0v) is 10.6. The number of aromatic nitrogens is 1. The summed E-state index contributed by atoms with van der Waals surface area (Å²) >= 11 is 0. The highest BCUT2D eigenvalue weighted by Gasteiger charge is 2.12. The van der Waals surface area contributed by atoms with Gasteiger partial charge in [-0.15, -0.1) is 0 Å². The Balaban J connectivity index is 2.66. The molecule has 94 valence electrons. The zero-order chi connectivity index (χ0) is 12.8. The maximum absolute atomic E-state index is 11.8. The molecule has 0 spiro atoms. The van der Waals surface area contributed by atoms with Crippen LogP contribution in [0.15, 0.2) is 18.2 Å². The predicted octanol–water partition coefficient (Wildman–Crippen LogP) is -0.136. The van der Waals surface area contributed by atoms with E-state index in [2.05, 4.69) is 15.7 Å². The summed E-state index contributed by atoms with van der Waals surface area (Å²) in [5.41, 5.74) is 2.64. The predicted molar refractivity (Wildman–Crippen MR) is 67.9 cm³/mol. The Kier molecular flexibility index (Phi) is 5.05. The smallest absolute Gasteiger partial charge is 0.270 e. The molecule has 0 aliphatic rings. The Morgan fingerprint density at radius 2 is 2.29 bits per heavy atom. The first-order chi connectivity index (χ1) is 8.02. The lowest BCUT2D eigenvalue weighted by Crippen LogP contribution is -2.36. The molecule has 2 atom stereocenters. The van der Waals surface area contributed by atoms with Crippen molar-refractivity contribution in [1.82, 2.24) is 10.3 Å². The van der Waals surface area contributed by atoms with Crippen LogP contribution in [0.5, 0.6) is 0 Å². The quantitative estimate of drug-likeness (QED) is 0.503. The van der Waals surface area contributed by atoms with Gasteiger partial charge in [0.05, 0.1) is 0 Å². The van der Waals surface area contributed by atoms with Gasteiger partial charge in [-0.2, -0.15) is 0 Å². The largest absolute Gasteiger partial charge is 0.347 e. The molecule has 1 heterocycles. The second-order valence-electron chi connectivity index (χ2n) is 3.67. The average molecular weight is 256 g/mol. The van der Waals surface area contributed by atoms with Crippen molar-refractivity contribution >= 4 is 22.5 Å². The summed E-state index contributed by atoms with van der Waals surface area (Å²) in [6.07, 6.45) is 1.60. The molecule has 17 heavy (non-hydrogen) atoms. The van der Waals surface area contributed by atoms with Gasteiger partial charge in [0.15, 0.2) is 0 Å². The Bertz CT molecular complexity index is 425. The van der Waals surface area contributed by atoms with Gasteiger partial charge in [0.25, 0.3) is 5.91 Å². The second-order valence-corrected chi connectivity index (χ2v) is 5.15. The van der Waals surface area contributed by atoms with E-state index in [0.717, 1.165) is 0 Å². The topological polar surface area (TPSA) is 97.1 Å². The minimum Gasteiger partial charge on any atom is -0.347 e. The molecule has 1 aromatic rings. The van der Waals surface area contributed by atoms with Gasteiger partial charge in [-0.25, -0.2) is 10.8 Å². The minimum absolute atomic E-state index is 0.162. The third-order valence-electron chi connectivity index (χ3n) is 1.99. The van der Waals surface area contributed by atoms with Crippen molar-refractivity contribution in [2.75, 3.05) is 17.4 Å². The number of hydrazine groups is 1. The monoisotopic (exact) mass is 256 g/mol. The summed E-state index contributed by atoms with van der Waals surface area (Å²) in [6, 6.07) is 4.76. The fourth-order valence-electron chi connectivity index (χ4n) is 1.33. The van der Waals surface area contributed by atoms with Crippen molar-refractivity contribution in [2.45, 2.75) is 13.0 Å². The molecule has 1 aromatic heterocycles. The lowest BCUT2D eigenvalue weighted by atomic mass is 10.3. The van der Waals surface area contributed by atoms with Crippen LogP contribution in [-0.2, 0) is 10.8 Å². The highest BCUT2D eigenvalue weighted by atomic mass is 32.2. The van der Waals surface area contributed by atoms with Crippen LogP contribution in [0.25, 0.3) is 0 Å². The van der Waals surface area contributed by atoms with Crippen molar-refractivity contribution in [3.63, 3.8) is 0 Å². The maximum atomic E-state index is 11.8. The van der Waals surface area contributed by atoms with E-state index in [1.165, 1.54) is 0 Å². The third kappa shape index (κ3) is 4.49. The molecule has 0 saturated carbocycles. The molecule has 0 aromatic carbocycles. The van der Waals surface area contributed by atoms with E-state index >= 15 is 0 Å². The van der Waals surface area contributed by atoms with Crippen LogP contribution in [0, 0.1) is 0 Å². The van der Waals surface area contributed by atoms with E-state index in [-0.39, 0.29) is 17.6 Å². The fraction of sp³-hybridized carbons (Fsp3) is 0.400. The zero-order valence-electron chi connectivity index (χ0n) is 9.77. The number of hydrogen-bond acceptors (Lipinski definition) is 5. The van der Waals surface area contributed by atoms with E-state index in [4.69, 9.17) is 5.84 Å². The number of carbonyl (C=O) groups excluding carboxylic acids is 1. The minimum atomic E-state index is -0.942. The van der Waals surface area contributed by atoms with Crippen molar-refractivity contribution < 1.29 is 9.00 Å². The lowest BCUT2D eigenvalue weighted by Gasteiger charge is -2.12. The molecule has 4 N–H and O–H groups in total. The molecule has 1 amide bonds. The average Bonchev–Trinajstić information content (AvgIpc) is 2.27. The molecule has 0 bridgehead atoms. The SMILES string of the molecule is CC(CS(C)=O)NC(=O)c1cccc(NN)n1. The normalized spacial score (nSPS) is 13.8. The Morgan fingerprint density at radius 3 is 2.88 bits per heavy atom. The Morgan fingerprint density at radius 1 is 1.59 bits per heavy atom. The molecule has 0 radical (unpaired) electrons. The van der Waals surface area contributed by atoms with Crippen LogP contribution in [0.4, 0.5) is 5.82 Å². The summed E-state index contributed by atoms with van der Waals surface area (Å²) in [5, 5.41) is 2.72. The Hall–Kier alpha value is -1.47. The maximum Gasteiger partial charge on any atom is 0.270 e. The number of hydrogen-bond donors (Lipinski definition) is 3. The molecule has 2 unspecified atom stereocenters. The fourth-order valence-corrected chi connectivity index (χ4v) is 2.12. The summed E-state index contributed by atoms with van der Waals surface area (Å²) in [4.78, 5) is 15.8. The highest BCUT2D eigenvalue weighted by molar-refractivity contribution is 7.84. The first kappa shape index (κ1) is 13.6. The standard InChI is InChI=1S/C10H16N4O2S/c1-7(6-17(2)16)12-10(15)8-4-3-5-9(13-8)14-11/h3-5,7H,6,11H2,1-2H3,(H,12,15)(H,13,14). The number of amides is 1. The van der Waals surface area contributed by atoms with Crippen LogP contribution in [-0.4, -0.2) is 33.2 Å². The van der Waals surface area contributed by atoms with E-state index in [9.17, 15) is 9.00 Å². The molecule has 1 rings (SSSR count). The van der Waals surface area contributed by atoms with Crippen molar-refractivity contribution in [3.05, 3.63) is 23.9 Å². The number of pyridine rings is 1. The molecule has 0 aliphatic heterocycles. The Labute approximate surface area is 102 Å². The number of anilines is 1. The molecule has 6 nitrogen and oxygen atoms in total. The number of nitrogen functional groups attached to an aromatic ring is 1. The third-order valence-corrected chi connectivity index (χ3v) is 2.96. The van der Waals surface area contributed by atoms with Gasteiger partial charge in [0.2, 0.25) is 0 Å². The van der Waals surface area contributed by atoms with Gasteiger partial charge in [-0.1, -0.05) is 6.07 Å². The van der Waals surface area contributed by atoms with E-state index in [1.807, 2.05) is 0 Å². The van der Waals surface area contributed by atoms with Crippen LogP contribution < -0.4 is 16.6 Å². The summed E-state index contributed by atoms with van der Waals surface area (Å²) < 4.78 is 11.0. The summed E-state index contributed by atoms with van der Waals surface area (Å²) in [7, 11) is -0.942. The van der Waals surface area contributed by atoms with Crippen molar-refractivity contribution in [1.29, 1.82) is 0 Å². The number of carbonyl (C=O) groups is 1. The van der Waals surface area contributed by atoms with E-state index < -0.39 is 10.8 Å². The van der Waals surface area contributed by atoms with Gasteiger partial charge in [-0.05, 0) is 19.1 Å². The molecule has 0 aliphatic carbocycles. The molecular weight excluding hydrogens is 240 g/mol. The highest BCUT2D eigenvalue weighted by Crippen LogP contribution is 2.03. The van der Waals surface area contributed by atoms with Gasteiger partial charge < -0.3 is 10.7 Å². The number of nitrogens with two attached hydrogens (primary N) is 1. The number of nitrogens with one attached hydrogen (secondary N) is 2. The van der Waals surface area contributed by atoms with Crippen molar-refractivity contribution in [3.8, 4) is 0 Å². The van der Waals surface area contributed by atoms with E-state index in [0.29, 0.717) is 11.6 Å².